The quantitative estimate of drug-likeness (QED) is 0.375. The fourth-order valence-electron chi connectivity index (χ4n) is 3.26. The van der Waals surface area contributed by atoms with E-state index in [1.807, 2.05) is 0 Å². The SMILES string of the molecule is Nc1nc(C(N=O)C(=O)NC2C(=O)N3C(C(=O)O)=C(Sc4cnsn4)CCC23)ns1. The fraction of sp³-hybridized carbons (Fsp3) is 0.357. The number of aromatic nitrogens is 4. The third-order valence-corrected chi connectivity index (χ3v) is 6.72. The largest absolute Gasteiger partial charge is 0.477 e. The molecule has 0 bridgehead atoms. The molecule has 13 nitrogen and oxygen atoms in total. The molecule has 4 N–H and O–H groups in total. The molecule has 2 aromatic heterocycles. The molecule has 0 aliphatic carbocycles. The van der Waals surface area contributed by atoms with Gasteiger partial charge >= 0.3 is 5.97 Å². The van der Waals surface area contributed by atoms with Gasteiger partial charge in [0.2, 0.25) is 6.04 Å². The average Bonchev–Trinajstić information content (AvgIpc) is 3.38. The number of hydrogen-bond acceptors (Lipinski definition) is 13. The van der Waals surface area contributed by atoms with Gasteiger partial charge in [-0.2, -0.15) is 13.1 Å². The van der Waals surface area contributed by atoms with Crippen LogP contribution in [-0.4, -0.2) is 58.0 Å². The maximum Gasteiger partial charge on any atom is 0.353 e. The summed E-state index contributed by atoms with van der Waals surface area (Å²) in [5.41, 5.74) is 5.32. The van der Waals surface area contributed by atoms with Crippen molar-refractivity contribution in [1.29, 1.82) is 0 Å². The number of carbonyl (C=O) groups excluding carboxylic acids is 2. The van der Waals surface area contributed by atoms with E-state index in [1.54, 1.807) is 0 Å². The molecule has 2 aliphatic rings. The zero-order valence-electron chi connectivity index (χ0n) is 14.8. The lowest BCUT2D eigenvalue weighted by molar-refractivity contribution is -0.156. The summed E-state index contributed by atoms with van der Waals surface area (Å²) in [5, 5.41) is 15.5. The van der Waals surface area contributed by atoms with Crippen LogP contribution >= 0.6 is 35.0 Å². The number of nitrogens with one attached hydrogen (secondary N) is 1. The Kier molecular flexibility index (Phi) is 5.44. The van der Waals surface area contributed by atoms with E-state index in [2.05, 4.69) is 28.6 Å². The number of amides is 2. The second-order valence-electron chi connectivity index (χ2n) is 6.22. The maximum atomic E-state index is 12.7. The molecule has 1 fully saturated rings. The number of thioether (sulfide) groups is 1. The summed E-state index contributed by atoms with van der Waals surface area (Å²) in [6.45, 7) is 0. The Morgan fingerprint density at radius 2 is 2.23 bits per heavy atom. The number of allylic oxidation sites excluding steroid dienone is 1. The first-order valence-electron chi connectivity index (χ1n) is 8.37. The van der Waals surface area contributed by atoms with Crippen LogP contribution in [0.3, 0.4) is 0 Å². The van der Waals surface area contributed by atoms with Crippen molar-refractivity contribution >= 4 is 57.9 Å². The van der Waals surface area contributed by atoms with Crippen molar-refractivity contribution in [3.05, 3.63) is 27.5 Å². The number of carboxylic acid groups (broad SMARTS) is 1. The minimum Gasteiger partial charge on any atom is -0.477 e. The number of β-lactam (4-membered cyclic amide) rings is 1. The molecule has 3 unspecified atom stereocenters. The number of aliphatic carboxylic acids is 1. The van der Waals surface area contributed by atoms with E-state index in [1.165, 1.54) is 6.20 Å². The second kappa shape index (κ2) is 8.04. The van der Waals surface area contributed by atoms with Gasteiger partial charge in [0.15, 0.2) is 11.0 Å². The van der Waals surface area contributed by atoms with E-state index in [0.717, 1.165) is 39.9 Å². The molecule has 0 aromatic carbocycles. The molecule has 16 heteroatoms. The second-order valence-corrected chi connectivity index (χ2v) is 8.68. The standard InChI is InChI=1S/C14H12N8O5S3/c15-14-18-10(21-29-14)8(19-27)11(23)17-7-4-1-2-5(28-6-3-16-30-20-6)9(13(25)26)22(4)12(7)24/h3-4,7-8H,1-2H2,(H,17,23)(H,25,26)(H2,15,18,21). The number of nitroso groups, excluding NO2 is 1. The molecule has 2 amide bonds. The molecule has 30 heavy (non-hydrogen) atoms. The number of nitrogen functional groups attached to an aromatic ring is 1. The molecule has 2 aromatic rings. The lowest BCUT2D eigenvalue weighted by atomic mass is 9.86. The van der Waals surface area contributed by atoms with Crippen molar-refractivity contribution in [3.63, 3.8) is 0 Å². The van der Waals surface area contributed by atoms with Crippen LogP contribution in [0, 0.1) is 4.91 Å². The van der Waals surface area contributed by atoms with Crippen LogP contribution in [0.2, 0.25) is 0 Å². The van der Waals surface area contributed by atoms with Crippen molar-refractivity contribution in [2.24, 2.45) is 5.18 Å². The highest BCUT2D eigenvalue weighted by atomic mass is 32.2. The zero-order chi connectivity index (χ0) is 21.4. The number of nitrogens with two attached hydrogens (primary N) is 1. The summed E-state index contributed by atoms with van der Waals surface area (Å²) in [5.74, 6) is -2.84. The first-order chi connectivity index (χ1) is 14.4. The van der Waals surface area contributed by atoms with Crippen LogP contribution in [0.5, 0.6) is 0 Å². The molecule has 3 atom stereocenters. The molecular weight excluding hydrogens is 456 g/mol. The van der Waals surface area contributed by atoms with E-state index in [0.29, 0.717) is 22.8 Å². The molecule has 0 radical (unpaired) electrons. The lowest BCUT2D eigenvalue weighted by Crippen LogP contribution is -2.71. The summed E-state index contributed by atoms with van der Waals surface area (Å²) < 4.78 is 11.7. The third-order valence-electron chi connectivity index (χ3n) is 4.52. The third kappa shape index (κ3) is 3.52. The van der Waals surface area contributed by atoms with Gasteiger partial charge in [0.25, 0.3) is 11.8 Å². The van der Waals surface area contributed by atoms with Crippen molar-refractivity contribution in [1.82, 2.24) is 28.3 Å². The van der Waals surface area contributed by atoms with Crippen LogP contribution in [0.25, 0.3) is 0 Å². The summed E-state index contributed by atoms with van der Waals surface area (Å²) in [6.07, 6.45) is 2.32. The monoisotopic (exact) mass is 468 g/mol. The highest BCUT2D eigenvalue weighted by Crippen LogP contribution is 2.42. The van der Waals surface area contributed by atoms with Gasteiger partial charge in [0.1, 0.15) is 16.8 Å². The van der Waals surface area contributed by atoms with Gasteiger partial charge in [-0.25, -0.2) is 9.78 Å². The molecular formula is C14H12N8O5S3. The summed E-state index contributed by atoms with van der Waals surface area (Å²) in [7, 11) is 0. The zero-order valence-corrected chi connectivity index (χ0v) is 17.2. The minimum absolute atomic E-state index is 0.0706. The highest BCUT2D eigenvalue weighted by Gasteiger charge is 2.54. The normalized spacial score (nSPS) is 21.6. The van der Waals surface area contributed by atoms with Gasteiger partial charge < -0.3 is 16.2 Å². The Morgan fingerprint density at radius 3 is 2.83 bits per heavy atom. The van der Waals surface area contributed by atoms with Crippen LogP contribution in [0.15, 0.2) is 27.0 Å². The predicted octanol–water partition coefficient (Wildman–Crippen LogP) is 0.357. The Morgan fingerprint density at radius 1 is 1.43 bits per heavy atom. The number of hydrogen-bond donors (Lipinski definition) is 3. The van der Waals surface area contributed by atoms with Gasteiger partial charge in [0, 0.05) is 16.4 Å². The summed E-state index contributed by atoms with van der Waals surface area (Å²) >= 11 is 2.95. The van der Waals surface area contributed by atoms with E-state index >= 15 is 0 Å². The maximum absolute atomic E-state index is 12.7. The number of nitrogens with zero attached hydrogens (tertiary/aromatic N) is 6. The Balaban J connectivity index is 1.51. The van der Waals surface area contributed by atoms with Gasteiger partial charge in [-0.05, 0) is 18.0 Å². The van der Waals surface area contributed by atoms with Crippen LogP contribution < -0.4 is 11.1 Å². The number of carboxylic acids is 1. The number of anilines is 1. The number of rotatable bonds is 7. The molecule has 4 heterocycles. The molecule has 156 valence electrons. The molecule has 4 rings (SSSR count). The lowest BCUT2D eigenvalue weighted by Gasteiger charge is -2.50. The molecule has 0 saturated carbocycles. The van der Waals surface area contributed by atoms with Crippen molar-refractivity contribution < 1.29 is 19.5 Å². The topological polar surface area (TPSA) is 194 Å². The predicted molar refractivity (Wildman–Crippen MR) is 105 cm³/mol. The van der Waals surface area contributed by atoms with Crippen molar-refractivity contribution in [2.75, 3.05) is 5.73 Å². The average molecular weight is 469 g/mol. The molecule has 2 aliphatic heterocycles. The summed E-state index contributed by atoms with van der Waals surface area (Å²) in [6, 6.07) is -3.08. The Hall–Kier alpha value is -2.98. The fourth-order valence-corrected chi connectivity index (χ4v) is 5.22. The van der Waals surface area contributed by atoms with Crippen LogP contribution in [0.1, 0.15) is 24.7 Å². The van der Waals surface area contributed by atoms with Gasteiger partial charge in [0.05, 0.1) is 24.0 Å². The highest BCUT2D eigenvalue weighted by molar-refractivity contribution is 8.03. The van der Waals surface area contributed by atoms with Gasteiger partial charge in [-0.3, -0.25) is 14.5 Å². The smallest absolute Gasteiger partial charge is 0.353 e. The van der Waals surface area contributed by atoms with E-state index < -0.39 is 35.9 Å². The van der Waals surface area contributed by atoms with E-state index in [-0.39, 0.29) is 16.7 Å². The first kappa shape index (κ1) is 20.3. The minimum atomic E-state index is -1.55. The van der Waals surface area contributed by atoms with Crippen molar-refractivity contribution in [3.8, 4) is 0 Å². The van der Waals surface area contributed by atoms with Crippen molar-refractivity contribution in [2.45, 2.75) is 36.0 Å². The van der Waals surface area contributed by atoms with Crippen LogP contribution in [-0.2, 0) is 14.4 Å². The van der Waals surface area contributed by atoms with E-state index in [9.17, 15) is 24.4 Å². The molecule has 0 spiro atoms. The van der Waals surface area contributed by atoms with Gasteiger partial charge in [-0.1, -0.05) is 11.8 Å². The Labute approximate surface area is 180 Å². The Bertz CT molecular complexity index is 1050. The first-order valence-corrected chi connectivity index (χ1v) is 10.7. The summed E-state index contributed by atoms with van der Waals surface area (Å²) in [4.78, 5) is 53.5. The number of fused-ring (bicyclic) bond motifs is 1. The van der Waals surface area contributed by atoms with E-state index in [4.69, 9.17) is 5.73 Å². The van der Waals surface area contributed by atoms with Gasteiger partial charge in [-0.15, -0.1) is 4.91 Å². The molecule has 1 saturated heterocycles. The number of carbonyl (C=O) groups is 3. The van der Waals surface area contributed by atoms with Crippen LogP contribution in [0.4, 0.5) is 5.13 Å².